The summed E-state index contributed by atoms with van der Waals surface area (Å²) in [5.41, 5.74) is 1.90. The minimum absolute atomic E-state index is 0.248. The van der Waals surface area contributed by atoms with Crippen molar-refractivity contribution >= 4 is 0 Å². The van der Waals surface area contributed by atoms with Crippen molar-refractivity contribution < 1.29 is 4.74 Å². The van der Waals surface area contributed by atoms with Gasteiger partial charge in [0.1, 0.15) is 0 Å². The molecule has 1 nitrogen and oxygen atoms in total. The first kappa shape index (κ1) is 8.97. The number of ether oxygens (including phenoxy) is 1. The fourth-order valence-corrected chi connectivity index (χ4v) is 8.09. The van der Waals surface area contributed by atoms with Gasteiger partial charge in [-0.1, -0.05) is 20.8 Å². The van der Waals surface area contributed by atoms with Crippen molar-refractivity contribution in [2.24, 2.45) is 34.0 Å². The van der Waals surface area contributed by atoms with Crippen molar-refractivity contribution in [2.45, 2.75) is 58.7 Å². The van der Waals surface area contributed by atoms with E-state index in [1.807, 2.05) is 0 Å². The van der Waals surface area contributed by atoms with Gasteiger partial charge in [0.15, 0.2) is 0 Å². The maximum absolute atomic E-state index is 6.44. The minimum Gasteiger partial charge on any atom is -0.369 e. The van der Waals surface area contributed by atoms with Gasteiger partial charge in [-0.2, -0.15) is 0 Å². The highest BCUT2D eigenvalue weighted by Gasteiger charge is 2.99. The zero-order chi connectivity index (χ0) is 11.1. The van der Waals surface area contributed by atoms with Crippen LogP contribution in [0.1, 0.15) is 47.0 Å². The Balaban J connectivity index is 1.88. The Labute approximate surface area is 97.9 Å². The standard InChI is InChI=1S/C15H22O/c1-8-5-6-15-10(8)9-7-12(15,2)11-13(9,3)14(15,4)16-11/h8-11H,5-7H2,1-4H3/t8-,9+,10-,11+,12+,13+,14+,15+/m1/s1. The molecule has 6 rings (SSSR count). The third kappa shape index (κ3) is 0.417. The number of hydrogen-bond donors (Lipinski definition) is 0. The predicted molar refractivity (Wildman–Crippen MR) is 61.9 cm³/mol. The van der Waals surface area contributed by atoms with E-state index in [9.17, 15) is 0 Å². The molecule has 6 aliphatic rings. The second-order valence-electron chi connectivity index (χ2n) is 8.06. The monoisotopic (exact) mass is 218 g/mol. The SMILES string of the molecule is C[C@@H]1CC[C@]23[C@H]1[C@@H]1C[C@@]2(C)[C@@H]2O[C@@]3(C)[C@]21C. The van der Waals surface area contributed by atoms with E-state index < -0.39 is 0 Å². The maximum atomic E-state index is 6.44. The van der Waals surface area contributed by atoms with Crippen LogP contribution in [0, 0.1) is 34.0 Å². The van der Waals surface area contributed by atoms with Crippen LogP contribution in [0.5, 0.6) is 0 Å². The summed E-state index contributed by atoms with van der Waals surface area (Å²) in [4.78, 5) is 0. The van der Waals surface area contributed by atoms with Crippen LogP contribution in [0.15, 0.2) is 0 Å². The van der Waals surface area contributed by atoms with E-state index in [4.69, 9.17) is 4.74 Å². The van der Waals surface area contributed by atoms with E-state index in [0.717, 1.165) is 17.8 Å². The lowest BCUT2D eigenvalue weighted by atomic mass is 9.61. The zero-order valence-electron chi connectivity index (χ0n) is 10.8. The van der Waals surface area contributed by atoms with E-state index in [1.165, 1.54) is 19.3 Å². The summed E-state index contributed by atoms with van der Waals surface area (Å²) in [5.74, 6) is 2.93. The van der Waals surface area contributed by atoms with Crippen LogP contribution in [0.25, 0.3) is 0 Å². The molecule has 0 radical (unpaired) electrons. The van der Waals surface area contributed by atoms with E-state index in [0.29, 0.717) is 22.3 Å². The van der Waals surface area contributed by atoms with Crippen molar-refractivity contribution in [2.75, 3.05) is 0 Å². The van der Waals surface area contributed by atoms with Crippen LogP contribution in [0.4, 0.5) is 0 Å². The maximum Gasteiger partial charge on any atom is 0.0804 e. The summed E-state index contributed by atoms with van der Waals surface area (Å²) in [6.07, 6.45) is 4.99. The third-order valence-corrected chi connectivity index (χ3v) is 8.40. The molecule has 1 saturated heterocycles. The largest absolute Gasteiger partial charge is 0.369 e. The van der Waals surface area contributed by atoms with Crippen LogP contribution in [0.3, 0.4) is 0 Å². The molecule has 5 saturated carbocycles. The molecule has 8 atom stereocenters. The van der Waals surface area contributed by atoms with Gasteiger partial charge in [0, 0.05) is 16.2 Å². The van der Waals surface area contributed by atoms with E-state index in [-0.39, 0.29) is 5.60 Å². The van der Waals surface area contributed by atoms with Gasteiger partial charge in [-0.15, -0.1) is 0 Å². The Morgan fingerprint density at radius 1 is 1.19 bits per heavy atom. The van der Waals surface area contributed by atoms with Gasteiger partial charge in [-0.05, 0) is 43.9 Å². The molecular formula is C15H22O. The Bertz CT molecular complexity index is 425. The highest BCUT2D eigenvalue weighted by atomic mass is 16.6. The highest BCUT2D eigenvalue weighted by Crippen LogP contribution is 2.96. The van der Waals surface area contributed by atoms with Crippen LogP contribution >= 0.6 is 0 Å². The molecule has 16 heavy (non-hydrogen) atoms. The second kappa shape index (κ2) is 1.83. The van der Waals surface area contributed by atoms with Gasteiger partial charge in [-0.25, -0.2) is 0 Å². The summed E-state index contributed by atoms with van der Waals surface area (Å²) in [6, 6.07) is 0. The van der Waals surface area contributed by atoms with Crippen LogP contribution in [0.2, 0.25) is 0 Å². The number of hydrogen-bond acceptors (Lipinski definition) is 1. The van der Waals surface area contributed by atoms with E-state index in [2.05, 4.69) is 27.7 Å². The lowest BCUT2D eigenvalue weighted by Crippen LogP contribution is -2.60. The fourth-order valence-electron chi connectivity index (χ4n) is 8.09. The second-order valence-corrected chi connectivity index (χ2v) is 8.06. The fraction of sp³-hybridized carbons (Fsp3) is 1.00. The summed E-state index contributed by atoms with van der Waals surface area (Å²) >= 11 is 0. The molecule has 1 heteroatoms. The Morgan fingerprint density at radius 3 is 2.62 bits per heavy atom. The van der Waals surface area contributed by atoms with Gasteiger partial charge in [0.2, 0.25) is 0 Å². The first-order valence-corrected chi connectivity index (χ1v) is 7.11. The molecule has 0 aromatic carbocycles. The Morgan fingerprint density at radius 2 is 1.94 bits per heavy atom. The van der Waals surface area contributed by atoms with Gasteiger partial charge in [0.05, 0.1) is 11.7 Å². The summed E-state index contributed by atoms with van der Waals surface area (Å²) in [7, 11) is 0. The predicted octanol–water partition coefficient (Wildman–Crippen LogP) is 3.24. The molecule has 6 bridgehead atoms. The van der Waals surface area contributed by atoms with Crippen LogP contribution in [-0.4, -0.2) is 11.7 Å². The van der Waals surface area contributed by atoms with Crippen LogP contribution < -0.4 is 0 Å². The van der Waals surface area contributed by atoms with Crippen molar-refractivity contribution in [3.8, 4) is 0 Å². The molecular weight excluding hydrogens is 196 g/mol. The average molecular weight is 218 g/mol. The van der Waals surface area contributed by atoms with Crippen LogP contribution in [-0.2, 0) is 4.74 Å². The zero-order valence-corrected chi connectivity index (χ0v) is 10.8. The first-order chi connectivity index (χ1) is 7.43. The normalized spacial score (nSPS) is 81.8. The smallest absolute Gasteiger partial charge is 0.0804 e. The molecule has 0 aromatic heterocycles. The summed E-state index contributed by atoms with van der Waals surface area (Å²) in [5, 5.41) is 0. The van der Waals surface area contributed by atoms with Gasteiger partial charge >= 0.3 is 0 Å². The molecule has 0 unspecified atom stereocenters. The number of rotatable bonds is 0. The lowest BCUT2D eigenvalue weighted by Gasteiger charge is -2.55. The van der Waals surface area contributed by atoms with Crippen molar-refractivity contribution in [3.63, 3.8) is 0 Å². The van der Waals surface area contributed by atoms with Gasteiger partial charge in [-0.3, -0.25) is 0 Å². The van der Waals surface area contributed by atoms with E-state index in [1.54, 1.807) is 0 Å². The average Bonchev–Trinajstić information content (AvgIpc) is 2.85. The molecule has 0 amide bonds. The van der Waals surface area contributed by atoms with Crippen molar-refractivity contribution in [1.82, 2.24) is 0 Å². The molecule has 1 heterocycles. The first-order valence-electron chi connectivity index (χ1n) is 7.11. The lowest BCUT2D eigenvalue weighted by molar-refractivity contribution is -0.267. The molecule has 0 N–H and O–H groups in total. The van der Waals surface area contributed by atoms with Gasteiger partial charge < -0.3 is 4.74 Å². The summed E-state index contributed by atoms with van der Waals surface area (Å²) < 4.78 is 6.44. The topological polar surface area (TPSA) is 9.23 Å². The molecule has 88 valence electrons. The van der Waals surface area contributed by atoms with Gasteiger partial charge in [0.25, 0.3) is 0 Å². The minimum atomic E-state index is 0.248. The highest BCUT2D eigenvalue weighted by molar-refractivity contribution is 5.46. The molecule has 0 aromatic rings. The Hall–Kier alpha value is -0.0400. The molecule has 6 fully saturated rings. The Kier molecular flexibility index (Phi) is 1.02. The molecule has 1 aliphatic heterocycles. The van der Waals surface area contributed by atoms with E-state index >= 15 is 0 Å². The third-order valence-electron chi connectivity index (χ3n) is 8.40. The molecule has 1 spiro atoms. The van der Waals surface area contributed by atoms with Crippen molar-refractivity contribution in [1.29, 1.82) is 0 Å². The van der Waals surface area contributed by atoms with Crippen molar-refractivity contribution in [3.05, 3.63) is 0 Å². The quantitative estimate of drug-likeness (QED) is 0.606. The molecule has 5 aliphatic carbocycles. The summed E-state index contributed by atoms with van der Waals surface area (Å²) in [6.45, 7) is 10.1.